The first-order valence-corrected chi connectivity index (χ1v) is 10.1. The summed E-state index contributed by atoms with van der Waals surface area (Å²) in [5.74, 6) is -0.379. The minimum absolute atomic E-state index is 0.0491. The van der Waals surface area contributed by atoms with Crippen LogP contribution >= 0.6 is 0 Å². The third kappa shape index (κ3) is 4.13. The number of Topliss-reactive ketones (excluding diaryl/α,β-unsaturated/α-hetero) is 1. The molecule has 8 heteroatoms. The lowest BCUT2D eigenvalue weighted by Crippen LogP contribution is -2.34. The summed E-state index contributed by atoms with van der Waals surface area (Å²) in [5.41, 5.74) is 1.65. The molecule has 1 aromatic carbocycles. The van der Waals surface area contributed by atoms with Crippen LogP contribution in [0.15, 0.2) is 46.1 Å². The van der Waals surface area contributed by atoms with E-state index in [1.54, 1.807) is 23.1 Å². The summed E-state index contributed by atoms with van der Waals surface area (Å²) in [6.07, 6.45) is -0.290. The van der Waals surface area contributed by atoms with Gasteiger partial charge in [0.25, 0.3) is 5.91 Å². The first kappa shape index (κ1) is 21.3. The molecule has 7 nitrogen and oxygen atoms in total. The number of carbonyl (C=O) groups is 2. The van der Waals surface area contributed by atoms with Crippen molar-refractivity contribution in [2.24, 2.45) is 0 Å². The Balaban J connectivity index is 1.56. The van der Waals surface area contributed by atoms with Crippen LogP contribution in [0.4, 0.5) is 4.39 Å². The normalized spacial score (nSPS) is 17.3. The maximum absolute atomic E-state index is 13.8. The van der Waals surface area contributed by atoms with Crippen LogP contribution < -0.4 is 0 Å². The molecule has 1 amide bonds. The van der Waals surface area contributed by atoms with Gasteiger partial charge in [-0.25, -0.2) is 4.39 Å². The van der Waals surface area contributed by atoms with Gasteiger partial charge in [0.05, 0.1) is 32.4 Å². The second-order valence-electron chi connectivity index (χ2n) is 7.73. The Morgan fingerprint density at radius 3 is 2.65 bits per heavy atom. The van der Waals surface area contributed by atoms with Gasteiger partial charge >= 0.3 is 0 Å². The molecule has 2 aliphatic heterocycles. The molecule has 2 aliphatic rings. The molecule has 1 fully saturated rings. The highest BCUT2D eigenvalue weighted by Gasteiger charge is 2.37. The van der Waals surface area contributed by atoms with Crippen LogP contribution in [0.1, 0.15) is 47.6 Å². The highest BCUT2D eigenvalue weighted by Crippen LogP contribution is 2.30. The van der Waals surface area contributed by atoms with Crippen molar-refractivity contribution in [3.05, 3.63) is 70.1 Å². The number of hydrogen-bond acceptors (Lipinski definition) is 6. The van der Waals surface area contributed by atoms with Crippen molar-refractivity contribution in [3.8, 4) is 0 Å². The second-order valence-corrected chi connectivity index (χ2v) is 7.73. The average Bonchev–Trinajstić information content (AvgIpc) is 3.48. The van der Waals surface area contributed by atoms with Crippen molar-refractivity contribution < 1.29 is 32.6 Å². The van der Waals surface area contributed by atoms with Gasteiger partial charge in [0.15, 0.2) is 17.8 Å². The van der Waals surface area contributed by atoms with E-state index in [1.165, 1.54) is 19.2 Å². The molecule has 4 rings (SSSR count). The molecule has 31 heavy (non-hydrogen) atoms. The molecule has 0 unspecified atom stereocenters. The van der Waals surface area contributed by atoms with E-state index in [-0.39, 0.29) is 47.2 Å². The average molecular weight is 429 g/mol. The van der Waals surface area contributed by atoms with Crippen LogP contribution in [0.25, 0.3) is 0 Å². The molecule has 164 valence electrons. The zero-order chi connectivity index (χ0) is 22.1. The van der Waals surface area contributed by atoms with E-state index >= 15 is 0 Å². The quantitative estimate of drug-likeness (QED) is 0.628. The predicted octanol–water partition coefficient (Wildman–Crippen LogP) is 3.39. The number of rotatable bonds is 7. The molecule has 0 N–H and O–H groups in total. The highest BCUT2D eigenvalue weighted by molar-refractivity contribution is 6.14. The Kier molecular flexibility index (Phi) is 5.93. The van der Waals surface area contributed by atoms with E-state index < -0.39 is 6.29 Å². The van der Waals surface area contributed by atoms with E-state index in [0.717, 1.165) is 5.56 Å². The standard InChI is InChI=1S/C23H24FNO6/c1-13(2)25-12-18(21(28-3)22(25)27)20(26)19-7-6-16(31-19)10-14-4-5-15(24)11-17(14)23-29-8-9-30-23/h4-7,11,13,23H,8-10,12H2,1-3H3. The Bertz CT molecular complexity index is 1030. The molecule has 0 atom stereocenters. The Hall–Kier alpha value is -2.97. The van der Waals surface area contributed by atoms with Crippen molar-refractivity contribution in [1.29, 1.82) is 0 Å². The molecule has 0 aliphatic carbocycles. The third-order valence-corrected chi connectivity index (χ3v) is 5.39. The predicted molar refractivity (Wildman–Crippen MR) is 108 cm³/mol. The number of hydrogen-bond donors (Lipinski definition) is 0. The summed E-state index contributed by atoms with van der Waals surface area (Å²) in [5, 5.41) is 0. The van der Waals surface area contributed by atoms with Gasteiger partial charge < -0.3 is 23.5 Å². The summed E-state index contributed by atoms with van der Waals surface area (Å²) in [4.78, 5) is 27.1. The number of nitrogens with zero attached hydrogens (tertiary/aromatic N) is 1. The maximum Gasteiger partial charge on any atom is 0.289 e. The number of amides is 1. The van der Waals surface area contributed by atoms with Crippen molar-refractivity contribution in [2.75, 3.05) is 26.9 Å². The number of ether oxygens (including phenoxy) is 3. The maximum atomic E-state index is 13.8. The summed E-state index contributed by atoms with van der Waals surface area (Å²) >= 11 is 0. The highest BCUT2D eigenvalue weighted by atomic mass is 19.1. The van der Waals surface area contributed by atoms with Gasteiger partial charge in [-0.1, -0.05) is 6.07 Å². The fraction of sp³-hybridized carbons (Fsp3) is 0.391. The summed E-state index contributed by atoms with van der Waals surface area (Å²) < 4.78 is 35.8. The van der Waals surface area contributed by atoms with Crippen molar-refractivity contribution >= 4 is 11.7 Å². The van der Waals surface area contributed by atoms with Gasteiger partial charge in [-0.3, -0.25) is 9.59 Å². The lowest BCUT2D eigenvalue weighted by molar-refractivity contribution is -0.129. The molecule has 0 spiro atoms. The second kappa shape index (κ2) is 8.64. The number of benzene rings is 1. The van der Waals surface area contributed by atoms with Crippen molar-refractivity contribution in [3.63, 3.8) is 0 Å². The number of ketones is 1. The summed E-state index contributed by atoms with van der Waals surface area (Å²) in [7, 11) is 1.38. The monoisotopic (exact) mass is 429 g/mol. The topological polar surface area (TPSA) is 78.2 Å². The van der Waals surface area contributed by atoms with Gasteiger partial charge in [0.2, 0.25) is 5.78 Å². The Labute approximate surface area is 179 Å². The van der Waals surface area contributed by atoms with E-state index in [4.69, 9.17) is 18.6 Å². The first-order chi connectivity index (χ1) is 14.9. The van der Waals surface area contributed by atoms with Crippen LogP contribution in [0.5, 0.6) is 0 Å². The summed E-state index contributed by atoms with van der Waals surface area (Å²) in [6.45, 7) is 4.82. The van der Waals surface area contributed by atoms with Gasteiger partial charge in [-0.2, -0.15) is 0 Å². The molecule has 1 saturated heterocycles. The fourth-order valence-electron chi connectivity index (χ4n) is 3.79. The molecule has 2 aromatic rings. The van der Waals surface area contributed by atoms with Gasteiger partial charge in [0.1, 0.15) is 11.6 Å². The molecule has 0 radical (unpaired) electrons. The van der Waals surface area contributed by atoms with E-state index in [0.29, 0.717) is 31.0 Å². The van der Waals surface area contributed by atoms with Gasteiger partial charge in [-0.15, -0.1) is 0 Å². The van der Waals surface area contributed by atoms with E-state index in [1.807, 2.05) is 13.8 Å². The van der Waals surface area contributed by atoms with Gasteiger partial charge in [-0.05, 0) is 43.7 Å². The van der Waals surface area contributed by atoms with Crippen molar-refractivity contribution in [1.82, 2.24) is 4.90 Å². The minimum Gasteiger partial charge on any atom is -0.491 e. The zero-order valence-corrected chi connectivity index (χ0v) is 17.6. The SMILES string of the molecule is COC1=C(C(=O)c2ccc(Cc3ccc(F)cc3C3OCCO3)o2)CN(C(C)C)C1=O. The number of halogens is 1. The van der Waals surface area contributed by atoms with E-state index in [2.05, 4.69) is 0 Å². The Morgan fingerprint density at radius 2 is 1.97 bits per heavy atom. The van der Waals surface area contributed by atoms with Crippen LogP contribution in [0, 0.1) is 5.82 Å². The molecule has 3 heterocycles. The lowest BCUT2D eigenvalue weighted by Gasteiger charge is -2.20. The largest absolute Gasteiger partial charge is 0.491 e. The molecule has 0 saturated carbocycles. The van der Waals surface area contributed by atoms with Crippen LogP contribution in [0.3, 0.4) is 0 Å². The number of methoxy groups -OCH3 is 1. The minimum atomic E-state index is -0.623. The van der Waals surface area contributed by atoms with Crippen molar-refractivity contribution in [2.45, 2.75) is 32.6 Å². The zero-order valence-electron chi connectivity index (χ0n) is 17.6. The molecular weight excluding hydrogens is 405 g/mol. The van der Waals surface area contributed by atoms with Crippen LogP contribution in [0.2, 0.25) is 0 Å². The Morgan fingerprint density at radius 1 is 1.23 bits per heavy atom. The number of furan rings is 1. The number of carbonyl (C=O) groups excluding carboxylic acids is 2. The van der Waals surface area contributed by atoms with Crippen LogP contribution in [-0.4, -0.2) is 49.5 Å². The molecular formula is C23H24FNO6. The van der Waals surface area contributed by atoms with E-state index in [9.17, 15) is 14.0 Å². The first-order valence-electron chi connectivity index (χ1n) is 10.1. The van der Waals surface area contributed by atoms with Gasteiger partial charge in [0, 0.05) is 18.0 Å². The smallest absolute Gasteiger partial charge is 0.289 e. The lowest BCUT2D eigenvalue weighted by atomic mass is 10.0. The summed E-state index contributed by atoms with van der Waals surface area (Å²) in [6, 6.07) is 7.62. The fourth-order valence-corrected chi connectivity index (χ4v) is 3.79. The molecule has 1 aromatic heterocycles. The third-order valence-electron chi connectivity index (χ3n) is 5.39. The van der Waals surface area contributed by atoms with Crippen LogP contribution in [-0.2, 0) is 25.4 Å². The molecule has 0 bridgehead atoms.